The molecule has 3 saturated carbocycles. The van der Waals surface area contributed by atoms with Gasteiger partial charge in [0.05, 0.1) is 0 Å². The van der Waals surface area contributed by atoms with E-state index in [0.29, 0.717) is 29.6 Å². The number of aliphatic hydroxyl groups excluding tert-OH is 1. The molecule has 21 heavy (non-hydrogen) atoms. The number of ketones is 1. The van der Waals surface area contributed by atoms with Crippen LogP contribution in [-0.4, -0.2) is 17.5 Å². The van der Waals surface area contributed by atoms with Gasteiger partial charge in [-0.3, -0.25) is 4.79 Å². The number of rotatable bonds is 1. The summed E-state index contributed by atoms with van der Waals surface area (Å²) >= 11 is 0. The Hall–Kier alpha value is -0.630. The lowest BCUT2D eigenvalue weighted by Crippen LogP contribution is -2.46. The minimum absolute atomic E-state index is 0.363. The molecule has 6 atom stereocenters. The van der Waals surface area contributed by atoms with E-state index < -0.39 is 0 Å². The third-order valence-electron chi connectivity index (χ3n) is 7.72. The molecule has 4 rings (SSSR count). The maximum Gasteiger partial charge on any atom is 0.155 e. The number of fused-ring (bicyclic) bond motifs is 5. The second-order valence-corrected chi connectivity index (χ2v) is 8.30. The standard InChI is InChI=1S/C19H28O2/c1-19-9-8-16-15-6-4-14(21)10-12(15)2-5-17(16)18(19)7-3-13(19)11-20/h10,13,15-18,20H,2-9,11H2,1H3/t13?,15-,16+,17+,18-,19+/m0/s1. The molecule has 0 saturated heterocycles. The summed E-state index contributed by atoms with van der Waals surface area (Å²) < 4.78 is 0. The van der Waals surface area contributed by atoms with E-state index in [-0.39, 0.29) is 0 Å². The molecule has 0 radical (unpaired) electrons. The fourth-order valence-corrected chi connectivity index (χ4v) is 6.59. The van der Waals surface area contributed by atoms with Gasteiger partial charge in [-0.1, -0.05) is 12.5 Å². The van der Waals surface area contributed by atoms with Crippen molar-refractivity contribution in [3.8, 4) is 0 Å². The Kier molecular flexibility index (Phi) is 3.29. The van der Waals surface area contributed by atoms with Crippen molar-refractivity contribution in [2.75, 3.05) is 6.61 Å². The van der Waals surface area contributed by atoms with E-state index in [1.54, 1.807) is 0 Å². The highest BCUT2D eigenvalue weighted by Gasteiger charge is 2.55. The van der Waals surface area contributed by atoms with Crippen molar-refractivity contribution in [1.29, 1.82) is 0 Å². The monoisotopic (exact) mass is 288 g/mol. The van der Waals surface area contributed by atoms with Crippen molar-refractivity contribution < 1.29 is 9.90 Å². The summed E-state index contributed by atoms with van der Waals surface area (Å²) in [6, 6.07) is 0. The van der Waals surface area contributed by atoms with Gasteiger partial charge in [0.15, 0.2) is 5.78 Å². The smallest absolute Gasteiger partial charge is 0.155 e. The topological polar surface area (TPSA) is 37.3 Å². The zero-order chi connectivity index (χ0) is 14.6. The molecule has 0 aromatic carbocycles. The third-order valence-corrected chi connectivity index (χ3v) is 7.72. The molecule has 0 aliphatic heterocycles. The molecular formula is C19H28O2. The van der Waals surface area contributed by atoms with Gasteiger partial charge in [0.2, 0.25) is 0 Å². The lowest BCUT2D eigenvalue weighted by Gasteiger charge is -2.54. The Balaban J connectivity index is 1.61. The highest BCUT2D eigenvalue weighted by Crippen LogP contribution is 2.63. The van der Waals surface area contributed by atoms with E-state index in [1.165, 1.54) is 37.7 Å². The zero-order valence-corrected chi connectivity index (χ0v) is 13.2. The van der Waals surface area contributed by atoms with Crippen LogP contribution < -0.4 is 0 Å². The molecule has 1 N–H and O–H groups in total. The largest absolute Gasteiger partial charge is 0.396 e. The number of aliphatic hydroxyl groups is 1. The Morgan fingerprint density at radius 2 is 2.00 bits per heavy atom. The predicted molar refractivity (Wildman–Crippen MR) is 82.7 cm³/mol. The van der Waals surface area contributed by atoms with Crippen LogP contribution in [-0.2, 0) is 4.79 Å². The normalized spacial score (nSPS) is 49.1. The van der Waals surface area contributed by atoms with Gasteiger partial charge < -0.3 is 5.11 Å². The van der Waals surface area contributed by atoms with Crippen molar-refractivity contribution >= 4 is 5.78 Å². The van der Waals surface area contributed by atoms with E-state index in [4.69, 9.17) is 0 Å². The van der Waals surface area contributed by atoms with Crippen molar-refractivity contribution in [2.45, 2.75) is 58.3 Å². The Morgan fingerprint density at radius 3 is 2.81 bits per heavy atom. The van der Waals surface area contributed by atoms with Crippen LogP contribution in [0.5, 0.6) is 0 Å². The maximum absolute atomic E-state index is 11.7. The van der Waals surface area contributed by atoms with Crippen LogP contribution in [0.2, 0.25) is 0 Å². The summed E-state index contributed by atoms with van der Waals surface area (Å²) in [5, 5.41) is 9.74. The molecule has 0 spiro atoms. The summed E-state index contributed by atoms with van der Waals surface area (Å²) in [7, 11) is 0. The zero-order valence-electron chi connectivity index (χ0n) is 13.2. The van der Waals surface area contributed by atoms with Gasteiger partial charge in [-0.15, -0.1) is 0 Å². The van der Waals surface area contributed by atoms with Crippen LogP contribution in [0.1, 0.15) is 58.3 Å². The SMILES string of the molecule is C[C@]12CC[C@H]3[C@@H](CCC4=CC(=O)CC[C@@H]43)[C@@H]1CCC2CO. The van der Waals surface area contributed by atoms with E-state index >= 15 is 0 Å². The highest BCUT2D eigenvalue weighted by molar-refractivity contribution is 5.91. The number of carbonyl (C=O) groups excluding carboxylic acids is 1. The lowest BCUT2D eigenvalue weighted by atomic mass is 9.51. The lowest BCUT2D eigenvalue weighted by molar-refractivity contribution is -0.116. The number of carbonyl (C=O) groups is 1. The van der Waals surface area contributed by atoms with Crippen LogP contribution in [0.4, 0.5) is 0 Å². The van der Waals surface area contributed by atoms with Gasteiger partial charge in [0.1, 0.15) is 0 Å². The molecular weight excluding hydrogens is 260 g/mol. The van der Waals surface area contributed by atoms with Crippen molar-refractivity contribution in [3.63, 3.8) is 0 Å². The molecule has 0 amide bonds. The van der Waals surface area contributed by atoms with Crippen molar-refractivity contribution in [1.82, 2.24) is 0 Å². The molecule has 4 aliphatic rings. The summed E-state index contributed by atoms with van der Waals surface area (Å²) in [4.78, 5) is 11.7. The first-order valence-electron chi connectivity index (χ1n) is 8.97. The Morgan fingerprint density at radius 1 is 1.14 bits per heavy atom. The average molecular weight is 288 g/mol. The molecule has 1 unspecified atom stereocenters. The molecule has 0 heterocycles. The van der Waals surface area contributed by atoms with Gasteiger partial charge in [-0.05, 0) is 86.0 Å². The molecule has 0 bridgehead atoms. The number of hydrogen-bond acceptors (Lipinski definition) is 2. The van der Waals surface area contributed by atoms with E-state index in [9.17, 15) is 9.90 Å². The van der Waals surface area contributed by atoms with Gasteiger partial charge >= 0.3 is 0 Å². The van der Waals surface area contributed by atoms with E-state index in [0.717, 1.165) is 37.0 Å². The molecule has 116 valence electrons. The van der Waals surface area contributed by atoms with Crippen molar-refractivity contribution in [2.24, 2.45) is 35.0 Å². The summed E-state index contributed by atoms with van der Waals surface area (Å²) in [6.45, 7) is 2.84. The fourth-order valence-electron chi connectivity index (χ4n) is 6.59. The van der Waals surface area contributed by atoms with Crippen LogP contribution >= 0.6 is 0 Å². The van der Waals surface area contributed by atoms with Gasteiger partial charge in [-0.25, -0.2) is 0 Å². The molecule has 0 aromatic heterocycles. The molecule has 3 fully saturated rings. The summed E-state index contributed by atoms with van der Waals surface area (Å²) in [6.07, 6.45) is 11.5. The first-order chi connectivity index (χ1) is 10.1. The van der Waals surface area contributed by atoms with Crippen molar-refractivity contribution in [3.05, 3.63) is 11.6 Å². The molecule has 2 heteroatoms. The first-order valence-corrected chi connectivity index (χ1v) is 8.97. The van der Waals surface area contributed by atoms with Gasteiger partial charge in [0, 0.05) is 13.0 Å². The fraction of sp³-hybridized carbons (Fsp3) is 0.842. The van der Waals surface area contributed by atoms with Crippen LogP contribution in [0, 0.1) is 35.0 Å². The third kappa shape index (κ3) is 1.98. The number of hydrogen-bond donors (Lipinski definition) is 1. The summed E-state index contributed by atoms with van der Waals surface area (Å²) in [5.41, 5.74) is 1.87. The highest BCUT2D eigenvalue weighted by atomic mass is 16.3. The molecule has 2 nitrogen and oxygen atoms in total. The van der Waals surface area contributed by atoms with E-state index in [1.807, 2.05) is 6.08 Å². The van der Waals surface area contributed by atoms with Crippen LogP contribution in [0.15, 0.2) is 11.6 Å². The van der Waals surface area contributed by atoms with Gasteiger partial charge in [0.25, 0.3) is 0 Å². The Bertz CT molecular complexity index is 480. The first kappa shape index (κ1) is 14.0. The average Bonchev–Trinajstić information content (AvgIpc) is 2.83. The van der Waals surface area contributed by atoms with Crippen LogP contribution in [0.25, 0.3) is 0 Å². The van der Waals surface area contributed by atoms with Crippen LogP contribution in [0.3, 0.4) is 0 Å². The quantitative estimate of drug-likeness (QED) is 0.798. The minimum atomic E-state index is 0.363. The number of allylic oxidation sites excluding steroid dienone is 1. The molecule has 4 aliphatic carbocycles. The Labute approximate surface area is 128 Å². The minimum Gasteiger partial charge on any atom is -0.396 e. The second kappa shape index (κ2) is 4.94. The van der Waals surface area contributed by atoms with E-state index in [2.05, 4.69) is 6.92 Å². The van der Waals surface area contributed by atoms with Gasteiger partial charge in [-0.2, -0.15) is 0 Å². The second-order valence-electron chi connectivity index (χ2n) is 8.30. The maximum atomic E-state index is 11.7. The summed E-state index contributed by atoms with van der Waals surface area (Å²) in [5.74, 6) is 4.12. The predicted octanol–water partition coefficient (Wildman–Crippen LogP) is 3.74. The molecule has 0 aromatic rings.